The Labute approximate surface area is 136 Å². The third-order valence-electron chi connectivity index (χ3n) is 5.25. The Kier molecular flexibility index (Phi) is 4.71. The lowest BCUT2D eigenvalue weighted by Crippen LogP contribution is -2.46. The largest absolute Gasteiger partial charge is 0.375 e. The molecule has 3 N–H and O–H groups in total. The Morgan fingerprint density at radius 3 is 2.86 bits per heavy atom. The zero-order valence-electron chi connectivity index (χ0n) is 12.8. The molecule has 0 aromatic heterocycles. The summed E-state index contributed by atoms with van der Waals surface area (Å²) in [6.07, 6.45) is 3.23. The van der Waals surface area contributed by atoms with Crippen LogP contribution in [0.1, 0.15) is 30.9 Å². The highest BCUT2D eigenvalue weighted by Crippen LogP contribution is 2.47. The fraction of sp³-hybridized carbons (Fsp3) is 0.588. The van der Waals surface area contributed by atoms with Crippen LogP contribution in [-0.4, -0.2) is 25.6 Å². The van der Waals surface area contributed by atoms with E-state index in [-0.39, 0.29) is 24.0 Å². The van der Waals surface area contributed by atoms with Gasteiger partial charge >= 0.3 is 0 Å². The van der Waals surface area contributed by atoms with Crippen LogP contribution in [0.15, 0.2) is 24.3 Å². The number of hydrogen-bond donors (Lipinski definition) is 2. The van der Waals surface area contributed by atoms with E-state index in [1.54, 1.807) is 7.11 Å². The van der Waals surface area contributed by atoms with Crippen LogP contribution < -0.4 is 11.1 Å². The first-order chi connectivity index (χ1) is 10.6. The molecule has 0 radical (unpaired) electrons. The van der Waals surface area contributed by atoms with E-state index in [1.807, 2.05) is 24.3 Å². The maximum absolute atomic E-state index is 12.5. The molecule has 0 saturated heterocycles. The Hall–Kier alpha value is -1.10. The van der Waals surface area contributed by atoms with E-state index < -0.39 is 0 Å². The number of amides is 1. The minimum absolute atomic E-state index is 0.0194. The fourth-order valence-electron chi connectivity index (χ4n) is 4.08. The average molecular weight is 323 g/mol. The van der Waals surface area contributed by atoms with Gasteiger partial charge in [0.1, 0.15) is 0 Å². The molecule has 2 fully saturated rings. The Morgan fingerprint density at radius 2 is 2.23 bits per heavy atom. The Bertz CT molecular complexity index is 549. The number of hydrogen-bond acceptors (Lipinski definition) is 3. The second-order valence-electron chi connectivity index (χ2n) is 6.46. The molecule has 0 spiro atoms. The number of rotatable bonds is 5. The van der Waals surface area contributed by atoms with Crippen molar-refractivity contribution in [3.05, 3.63) is 34.9 Å². The summed E-state index contributed by atoms with van der Waals surface area (Å²) in [6, 6.07) is 7.55. The maximum Gasteiger partial charge on any atom is 0.225 e. The van der Waals surface area contributed by atoms with Gasteiger partial charge in [0.15, 0.2) is 0 Å². The van der Waals surface area contributed by atoms with Gasteiger partial charge in [-0.1, -0.05) is 23.7 Å². The number of benzene rings is 1. The predicted molar refractivity (Wildman–Crippen MR) is 86.5 cm³/mol. The van der Waals surface area contributed by atoms with Crippen LogP contribution >= 0.6 is 11.6 Å². The average Bonchev–Trinajstić information content (AvgIpc) is 3.08. The van der Waals surface area contributed by atoms with Crippen LogP contribution in [0.3, 0.4) is 0 Å². The minimum atomic E-state index is -0.197. The predicted octanol–water partition coefficient (Wildman–Crippen LogP) is 2.52. The lowest BCUT2D eigenvalue weighted by atomic mass is 9.84. The number of fused-ring (bicyclic) bond motifs is 2. The summed E-state index contributed by atoms with van der Waals surface area (Å²) in [5.74, 6) is 1.04. The van der Waals surface area contributed by atoms with Crippen molar-refractivity contribution < 1.29 is 9.53 Å². The summed E-state index contributed by atoms with van der Waals surface area (Å²) < 4.78 is 5.49. The summed E-state index contributed by atoms with van der Waals surface area (Å²) in [5, 5.41) is 3.69. The van der Waals surface area contributed by atoms with Crippen molar-refractivity contribution in [1.82, 2.24) is 5.32 Å². The van der Waals surface area contributed by atoms with E-state index in [0.717, 1.165) is 18.4 Å². The van der Waals surface area contributed by atoms with Gasteiger partial charge in [-0.3, -0.25) is 4.79 Å². The zero-order valence-corrected chi connectivity index (χ0v) is 13.6. The molecule has 120 valence electrons. The summed E-state index contributed by atoms with van der Waals surface area (Å²) in [4.78, 5) is 12.5. The van der Waals surface area contributed by atoms with E-state index in [0.29, 0.717) is 23.4 Å². The van der Waals surface area contributed by atoms with Crippen LogP contribution in [0.25, 0.3) is 0 Å². The molecule has 0 heterocycles. The van der Waals surface area contributed by atoms with Crippen molar-refractivity contribution in [2.75, 3.05) is 13.7 Å². The molecule has 5 unspecified atom stereocenters. The fourth-order valence-corrected chi connectivity index (χ4v) is 4.28. The number of carbonyl (C=O) groups excluding carboxylic acids is 1. The summed E-state index contributed by atoms with van der Waals surface area (Å²) in [7, 11) is 1.64. The van der Waals surface area contributed by atoms with Gasteiger partial charge in [0.05, 0.1) is 12.0 Å². The summed E-state index contributed by atoms with van der Waals surface area (Å²) in [6.45, 7) is 0.441. The molecular formula is C17H23ClN2O2. The second-order valence-corrected chi connectivity index (χ2v) is 6.90. The summed E-state index contributed by atoms with van der Waals surface area (Å²) in [5.41, 5.74) is 7.19. The van der Waals surface area contributed by atoms with Crippen LogP contribution in [-0.2, 0) is 9.53 Å². The van der Waals surface area contributed by atoms with Crippen molar-refractivity contribution >= 4 is 17.5 Å². The van der Waals surface area contributed by atoms with E-state index in [1.165, 1.54) is 6.42 Å². The van der Waals surface area contributed by atoms with Gasteiger partial charge in [-0.05, 0) is 48.8 Å². The molecule has 2 aliphatic carbocycles. The first kappa shape index (κ1) is 15.8. The number of halogens is 1. The Morgan fingerprint density at radius 1 is 1.45 bits per heavy atom. The van der Waals surface area contributed by atoms with Crippen molar-refractivity contribution in [2.45, 2.75) is 31.4 Å². The van der Waals surface area contributed by atoms with Gasteiger partial charge in [0, 0.05) is 24.7 Å². The molecule has 2 aliphatic rings. The normalized spacial score (nSPS) is 31.2. The molecule has 5 atom stereocenters. The molecular weight excluding hydrogens is 300 g/mol. The first-order valence-corrected chi connectivity index (χ1v) is 8.29. The number of ether oxygens (including phenoxy) is 1. The molecule has 5 heteroatoms. The molecule has 1 amide bonds. The Balaban J connectivity index is 1.60. The molecule has 1 aromatic carbocycles. The van der Waals surface area contributed by atoms with Crippen LogP contribution in [0, 0.1) is 17.8 Å². The zero-order chi connectivity index (χ0) is 15.7. The van der Waals surface area contributed by atoms with Gasteiger partial charge in [-0.15, -0.1) is 0 Å². The van der Waals surface area contributed by atoms with Crippen LogP contribution in [0.5, 0.6) is 0 Å². The topological polar surface area (TPSA) is 64.3 Å². The van der Waals surface area contributed by atoms with Gasteiger partial charge in [-0.2, -0.15) is 0 Å². The van der Waals surface area contributed by atoms with Crippen molar-refractivity contribution in [3.63, 3.8) is 0 Å². The van der Waals surface area contributed by atoms with E-state index in [9.17, 15) is 4.79 Å². The highest BCUT2D eigenvalue weighted by molar-refractivity contribution is 6.30. The third kappa shape index (κ3) is 3.00. The van der Waals surface area contributed by atoms with Crippen molar-refractivity contribution in [3.8, 4) is 0 Å². The van der Waals surface area contributed by atoms with E-state index in [4.69, 9.17) is 22.1 Å². The lowest BCUT2D eigenvalue weighted by molar-refractivity contribution is -0.127. The van der Waals surface area contributed by atoms with Gasteiger partial charge in [-0.25, -0.2) is 0 Å². The van der Waals surface area contributed by atoms with E-state index in [2.05, 4.69) is 5.32 Å². The number of methoxy groups -OCH3 is 1. The smallest absolute Gasteiger partial charge is 0.225 e. The first-order valence-electron chi connectivity index (χ1n) is 7.91. The summed E-state index contributed by atoms with van der Waals surface area (Å²) >= 11 is 6.01. The molecule has 1 aromatic rings. The quantitative estimate of drug-likeness (QED) is 0.875. The third-order valence-corrected chi connectivity index (χ3v) is 5.49. The number of nitrogens with two attached hydrogens (primary N) is 1. The van der Waals surface area contributed by atoms with Crippen molar-refractivity contribution in [1.29, 1.82) is 0 Å². The molecule has 0 aliphatic heterocycles. The molecule has 4 nitrogen and oxygen atoms in total. The highest BCUT2D eigenvalue weighted by Gasteiger charge is 2.49. The van der Waals surface area contributed by atoms with Gasteiger partial charge < -0.3 is 15.8 Å². The lowest BCUT2D eigenvalue weighted by Gasteiger charge is -2.27. The molecule has 3 rings (SSSR count). The second kappa shape index (κ2) is 6.57. The van der Waals surface area contributed by atoms with E-state index >= 15 is 0 Å². The SMILES string of the molecule is COC(CNC(=O)C1C2CCC(C2)C1N)c1cccc(Cl)c1. The van der Waals surface area contributed by atoms with Gasteiger partial charge in [0.25, 0.3) is 0 Å². The number of nitrogens with one attached hydrogen (secondary N) is 1. The standard InChI is InChI=1S/C17H23ClN2O2/c1-22-14(10-3-2-4-13(18)8-10)9-20-17(21)15-11-5-6-12(7-11)16(15)19/h2-4,8,11-12,14-16H,5-7,9,19H2,1H3,(H,20,21). The maximum atomic E-state index is 12.5. The highest BCUT2D eigenvalue weighted by atomic mass is 35.5. The van der Waals surface area contributed by atoms with Gasteiger partial charge in [0.2, 0.25) is 5.91 Å². The monoisotopic (exact) mass is 322 g/mol. The van der Waals surface area contributed by atoms with Crippen LogP contribution in [0.2, 0.25) is 5.02 Å². The molecule has 2 bridgehead atoms. The molecule has 22 heavy (non-hydrogen) atoms. The number of carbonyl (C=O) groups is 1. The minimum Gasteiger partial charge on any atom is -0.375 e. The van der Waals surface area contributed by atoms with Crippen molar-refractivity contribution in [2.24, 2.45) is 23.5 Å². The molecule has 2 saturated carbocycles. The van der Waals surface area contributed by atoms with Crippen LogP contribution in [0.4, 0.5) is 0 Å².